The first-order chi connectivity index (χ1) is 7.38. The molecule has 0 amide bonds. The van der Waals surface area contributed by atoms with Crippen molar-refractivity contribution in [1.82, 2.24) is 5.32 Å². The maximum Gasteiger partial charge on any atom is 0.123 e. The van der Waals surface area contributed by atoms with Crippen LogP contribution in [0.25, 0.3) is 0 Å². The Hall–Kier alpha value is -1.28. The first-order valence-electron chi connectivity index (χ1n) is 5.34. The topological polar surface area (TPSA) is 21.3 Å². The summed E-state index contributed by atoms with van der Waals surface area (Å²) < 4.78 is 5.70. The second-order valence-electron chi connectivity index (χ2n) is 3.42. The number of benzene rings is 1. The number of hydrogen-bond acceptors (Lipinski definition) is 2. The van der Waals surface area contributed by atoms with Gasteiger partial charge < -0.3 is 10.1 Å². The van der Waals surface area contributed by atoms with Crippen molar-refractivity contribution >= 4 is 0 Å². The Morgan fingerprint density at radius 3 is 2.93 bits per heavy atom. The highest BCUT2D eigenvalue weighted by Crippen LogP contribution is 2.17. The van der Waals surface area contributed by atoms with Crippen LogP contribution in [0.3, 0.4) is 0 Å². The van der Waals surface area contributed by atoms with Crippen LogP contribution in [0.4, 0.5) is 0 Å². The van der Waals surface area contributed by atoms with Crippen LogP contribution >= 0.6 is 0 Å². The van der Waals surface area contributed by atoms with Gasteiger partial charge in [0, 0.05) is 12.1 Å². The molecule has 0 aliphatic carbocycles. The van der Waals surface area contributed by atoms with Crippen LogP contribution in [-0.4, -0.2) is 13.7 Å². The molecule has 0 aliphatic heterocycles. The van der Waals surface area contributed by atoms with Gasteiger partial charge in [-0.3, -0.25) is 0 Å². The summed E-state index contributed by atoms with van der Waals surface area (Å²) in [7, 11) is 1.94. The molecular formula is C13H19NO. The Bertz CT molecular complexity index is 296. The monoisotopic (exact) mass is 205 g/mol. The Morgan fingerprint density at radius 2 is 2.20 bits per heavy atom. The number of ether oxygens (including phenoxy) is 1. The summed E-state index contributed by atoms with van der Waals surface area (Å²) in [5.74, 6) is 0.982. The van der Waals surface area contributed by atoms with E-state index in [0.717, 1.165) is 31.7 Å². The van der Waals surface area contributed by atoms with E-state index in [1.165, 1.54) is 5.56 Å². The molecule has 1 aromatic carbocycles. The molecule has 82 valence electrons. The third-order valence-electron chi connectivity index (χ3n) is 2.15. The van der Waals surface area contributed by atoms with Crippen molar-refractivity contribution < 1.29 is 4.74 Å². The van der Waals surface area contributed by atoms with Crippen molar-refractivity contribution in [2.45, 2.75) is 19.4 Å². The second-order valence-corrected chi connectivity index (χ2v) is 3.42. The second kappa shape index (κ2) is 7.07. The molecule has 1 N–H and O–H groups in total. The van der Waals surface area contributed by atoms with Gasteiger partial charge in [0.1, 0.15) is 5.75 Å². The predicted molar refractivity (Wildman–Crippen MR) is 64.1 cm³/mol. The van der Waals surface area contributed by atoms with E-state index in [4.69, 9.17) is 4.74 Å². The fraction of sp³-hybridized carbons (Fsp3) is 0.385. The molecule has 0 saturated carbocycles. The van der Waals surface area contributed by atoms with E-state index in [0.29, 0.717) is 0 Å². The predicted octanol–water partition coefficient (Wildman–Crippen LogP) is 2.75. The zero-order chi connectivity index (χ0) is 10.9. The third kappa shape index (κ3) is 4.17. The van der Waals surface area contributed by atoms with Gasteiger partial charge >= 0.3 is 0 Å². The summed E-state index contributed by atoms with van der Waals surface area (Å²) in [6.45, 7) is 5.29. The largest absolute Gasteiger partial charge is 0.493 e. The quantitative estimate of drug-likeness (QED) is 0.546. The summed E-state index contributed by atoms with van der Waals surface area (Å²) in [6.07, 6.45) is 3.95. The maximum atomic E-state index is 5.70. The summed E-state index contributed by atoms with van der Waals surface area (Å²) in [5.41, 5.74) is 1.21. The van der Waals surface area contributed by atoms with Crippen LogP contribution in [0.1, 0.15) is 18.4 Å². The molecule has 0 bridgehead atoms. The van der Waals surface area contributed by atoms with Crippen molar-refractivity contribution in [3.63, 3.8) is 0 Å². The smallest absolute Gasteiger partial charge is 0.123 e. The highest BCUT2D eigenvalue weighted by Gasteiger charge is 2.00. The standard InChI is InChI=1S/C13H19NO/c1-3-4-7-10-15-13-9-6-5-8-12(13)11-14-2/h3,5-6,8-9,14H,1,4,7,10-11H2,2H3. The fourth-order valence-corrected chi connectivity index (χ4v) is 1.39. The fourth-order valence-electron chi connectivity index (χ4n) is 1.39. The van der Waals surface area contributed by atoms with E-state index in [1.807, 2.05) is 31.3 Å². The van der Waals surface area contributed by atoms with Crippen molar-refractivity contribution in [3.8, 4) is 5.75 Å². The maximum absolute atomic E-state index is 5.70. The van der Waals surface area contributed by atoms with Crippen molar-refractivity contribution in [2.75, 3.05) is 13.7 Å². The van der Waals surface area contributed by atoms with Gasteiger partial charge in [-0.1, -0.05) is 24.3 Å². The van der Waals surface area contributed by atoms with Crippen molar-refractivity contribution in [2.24, 2.45) is 0 Å². The lowest BCUT2D eigenvalue weighted by atomic mass is 10.2. The molecule has 0 aliphatic rings. The zero-order valence-electron chi connectivity index (χ0n) is 9.33. The van der Waals surface area contributed by atoms with Gasteiger partial charge in [-0.2, -0.15) is 0 Å². The molecule has 15 heavy (non-hydrogen) atoms. The first-order valence-corrected chi connectivity index (χ1v) is 5.34. The molecule has 0 aromatic heterocycles. The molecule has 2 nitrogen and oxygen atoms in total. The summed E-state index contributed by atoms with van der Waals surface area (Å²) >= 11 is 0. The number of nitrogens with one attached hydrogen (secondary N) is 1. The van der Waals surface area contributed by atoms with Crippen LogP contribution in [0.2, 0.25) is 0 Å². The van der Waals surface area contributed by atoms with E-state index >= 15 is 0 Å². The van der Waals surface area contributed by atoms with Gasteiger partial charge in [0.25, 0.3) is 0 Å². The molecule has 2 heteroatoms. The Labute approximate surface area is 92.0 Å². The van der Waals surface area contributed by atoms with Gasteiger partial charge in [0.15, 0.2) is 0 Å². The zero-order valence-corrected chi connectivity index (χ0v) is 9.33. The number of unbranched alkanes of at least 4 members (excludes halogenated alkanes) is 1. The average Bonchev–Trinajstić information content (AvgIpc) is 2.27. The van der Waals surface area contributed by atoms with Crippen LogP contribution < -0.4 is 10.1 Å². The Morgan fingerprint density at radius 1 is 1.40 bits per heavy atom. The summed E-state index contributed by atoms with van der Waals surface area (Å²) in [6, 6.07) is 8.13. The first kappa shape index (κ1) is 11.8. The third-order valence-corrected chi connectivity index (χ3v) is 2.15. The van der Waals surface area contributed by atoms with Crippen LogP contribution in [0.15, 0.2) is 36.9 Å². The van der Waals surface area contributed by atoms with E-state index < -0.39 is 0 Å². The summed E-state index contributed by atoms with van der Waals surface area (Å²) in [5, 5.41) is 3.13. The van der Waals surface area contributed by atoms with Crippen molar-refractivity contribution in [1.29, 1.82) is 0 Å². The SMILES string of the molecule is C=CCCCOc1ccccc1CNC. The molecule has 1 rings (SSSR count). The minimum absolute atomic E-state index is 0.757. The van der Waals surface area contributed by atoms with Gasteiger partial charge in [0.05, 0.1) is 6.61 Å². The normalized spacial score (nSPS) is 9.93. The highest BCUT2D eigenvalue weighted by atomic mass is 16.5. The lowest BCUT2D eigenvalue weighted by Gasteiger charge is -2.10. The van der Waals surface area contributed by atoms with E-state index in [-0.39, 0.29) is 0 Å². The molecule has 1 aromatic rings. The molecule has 0 unspecified atom stereocenters. The molecular weight excluding hydrogens is 186 g/mol. The molecule has 0 radical (unpaired) electrons. The minimum Gasteiger partial charge on any atom is -0.493 e. The molecule has 0 spiro atoms. The number of allylic oxidation sites excluding steroid dienone is 1. The average molecular weight is 205 g/mol. The highest BCUT2D eigenvalue weighted by molar-refractivity contribution is 5.33. The van der Waals surface area contributed by atoms with Gasteiger partial charge in [-0.25, -0.2) is 0 Å². The van der Waals surface area contributed by atoms with Gasteiger partial charge in [-0.15, -0.1) is 6.58 Å². The Balaban J connectivity index is 2.47. The molecule has 0 heterocycles. The van der Waals surface area contributed by atoms with Gasteiger partial charge in [0.2, 0.25) is 0 Å². The van der Waals surface area contributed by atoms with Crippen LogP contribution in [0, 0.1) is 0 Å². The van der Waals surface area contributed by atoms with E-state index in [1.54, 1.807) is 0 Å². The lowest BCUT2D eigenvalue weighted by Crippen LogP contribution is -2.07. The van der Waals surface area contributed by atoms with E-state index in [9.17, 15) is 0 Å². The van der Waals surface area contributed by atoms with E-state index in [2.05, 4.69) is 18.0 Å². The van der Waals surface area contributed by atoms with Crippen LogP contribution in [0.5, 0.6) is 5.75 Å². The minimum atomic E-state index is 0.757. The molecule has 0 fully saturated rings. The Kier molecular flexibility index (Phi) is 5.56. The number of para-hydroxylation sites is 1. The number of rotatable bonds is 7. The van der Waals surface area contributed by atoms with Crippen molar-refractivity contribution in [3.05, 3.63) is 42.5 Å². The van der Waals surface area contributed by atoms with Gasteiger partial charge in [-0.05, 0) is 26.0 Å². The number of hydrogen-bond donors (Lipinski definition) is 1. The lowest BCUT2D eigenvalue weighted by molar-refractivity contribution is 0.308. The summed E-state index contributed by atoms with van der Waals surface area (Å²) in [4.78, 5) is 0. The molecule has 0 saturated heterocycles. The van der Waals surface area contributed by atoms with Crippen LogP contribution in [-0.2, 0) is 6.54 Å². The molecule has 0 atom stereocenters.